The summed E-state index contributed by atoms with van der Waals surface area (Å²) in [6.45, 7) is 0. The van der Waals surface area contributed by atoms with E-state index in [1.165, 1.54) is 10.1 Å². The molecule has 1 heterocycles. The van der Waals surface area contributed by atoms with Gasteiger partial charge >= 0.3 is 0 Å². The molecule has 0 nitrogen and oxygen atoms in total. The van der Waals surface area contributed by atoms with Gasteiger partial charge in [0, 0.05) is 10.3 Å². The number of halogens is 1. The lowest BCUT2D eigenvalue weighted by Crippen LogP contribution is -1.72. The third-order valence-electron chi connectivity index (χ3n) is 1.76. The van der Waals surface area contributed by atoms with E-state index < -0.39 is 0 Å². The zero-order valence-corrected chi connectivity index (χ0v) is 9.28. The molecule has 1 aromatic carbocycles. The van der Waals surface area contributed by atoms with Crippen molar-refractivity contribution >= 4 is 37.4 Å². The Labute approximate surface area is 89.7 Å². The molecule has 64 valence electrons. The van der Waals surface area contributed by atoms with Crippen molar-refractivity contribution in [2.24, 2.45) is 0 Å². The van der Waals surface area contributed by atoms with E-state index in [0.717, 1.165) is 10.9 Å². The van der Waals surface area contributed by atoms with Crippen molar-refractivity contribution < 1.29 is 0 Å². The first-order valence-corrected chi connectivity index (χ1v) is 5.92. The minimum absolute atomic E-state index is 0.732. The number of hydrogen-bond acceptors (Lipinski definition) is 1. The van der Waals surface area contributed by atoms with Crippen LogP contribution in [0.4, 0.5) is 0 Å². The zero-order valence-electron chi connectivity index (χ0n) is 6.88. The molecule has 2 aromatic rings. The molecule has 13 heavy (non-hydrogen) atoms. The van der Waals surface area contributed by atoms with Crippen molar-refractivity contribution in [1.82, 2.24) is 0 Å². The van der Waals surface area contributed by atoms with Gasteiger partial charge < -0.3 is 0 Å². The average Bonchev–Trinajstić information content (AvgIpc) is 2.61. The van der Waals surface area contributed by atoms with Crippen molar-refractivity contribution in [2.75, 3.05) is 5.33 Å². The molecular formula is C11H7BrS. The van der Waals surface area contributed by atoms with Gasteiger partial charge in [-0.15, -0.1) is 11.3 Å². The van der Waals surface area contributed by atoms with Gasteiger partial charge in [-0.25, -0.2) is 0 Å². The van der Waals surface area contributed by atoms with Crippen LogP contribution in [0.5, 0.6) is 0 Å². The molecule has 2 heteroatoms. The van der Waals surface area contributed by atoms with E-state index in [9.17, 15) is 0 Å². The third kappa shape index (κ3) is 1.93. The van der Waals surface area contributed by atoms with Gasteiger partial charge in [0.1, 0.15) is 0 Å². The summed E-state index contributed by atoms with van der Waals surface area (Å²) in [4.78, 5) is 0. The molecule has 1 aromatic heterocycles. The maximum Gasteiger partial charge on any atom is 0.0649 e. The zero-order chi connectivity index (χ0) is 9.10. The summed E-state index contributed by atoms with van der Waals surface area (Å²) in [6.07, 6.45) is 0. The van der Waals surface area contributed by atoms with Crippen molar-refractivity contribution in [3.05, 3.63) is 35.2 Å². The van der Waals surface area contributed by atoms with Crippen molar-refractivity contribution in [3.63, 3.8) is 0 Å². The van der Waals surface area contributed by atoms with Crippen molar-refractivity contribution in [3.8, 4) is 11.8 Å². The van der Waals surface area contributed by atoms with E-state index in [-0.39, 0.29) is 0 Å². The van der Waals surface area contributed by atoms with Crippen LogP contribution in [0.15, 0.2) is 29.6 Å². The van der Waals surface area contributed by atoms with Gasteiger partial charge in [-0.2, -0.15) is 0 Å². The topological polar surface area (TPSA) is 0 Å². The first-order valence-electron chi connectivity index (χ1n) is 3.92. The highest BCUT2D eigenvalue weighted by molar-refractivity contribution is 9.09. The van der Waals surface area contributed by atoms with Gasteiger partial charge in [-0.3, -0.25) is 0 Å². The Kier molecular flexibility index (Phi) is 2.68. The Bertz CT molecular complexity index is 473. The van der Waals surface area contributed by atoms with Gasteiger partial charge in [-0.1, -0.05) is 33.8 Å². The molecular weight excluding hydrogens is 244 g/mol. The molecule has 0 atom stereocenters. The lowest BCUT2D eigenvalue weighted by molar-refractivity contribution is 1.74. The molecule has 0 bridgehead atoms. The fourth-order valence-electron chi connectivity index (χ4n) is 1.17. The lowest BCUT2D eigenvalue weighted by atomic mass is 10.2. The van der Waals surface area contributed by atoms with Gasteiger partial charge in [0.05, 0.1) is 5.33 Å². The number of rotatable bonds is 0. The fourth-order valence-corrected chi connectivity index (χ4v) is 2.14. The molecule has 0 aliphatic heterocycles. The summed E-state index contributed by atoms with van der Waals surface area (Å²) in [7, 11) is 0. The predicted octanol–water partition coefficient (Wildman–Crippen LogP) is 3.65. The van der Waals surface area contributed by atoms with Crippen LogP contribution in [0, 0.1) is 11.8 Å². The van der Waals surface area contributed by atoms with Crippen LogP contribution in [0.2, 0.25) is 0 Å². The highest BCUT2D eigenvalue weighted by Crippen LogP contribution is 2.21. The average molecular weight is 251 g/mol. The number of fused-ring (bicyclic) bond motifs is 1. The minimum atomic E-state index is 0.732. The Balaban J connectivity index is 2.48. The van der Waals surface area contributed by atoms with Gasteiger partial charge in [-0.05, 0) is 29.0 Å². The normalized spacial score (nSPS) is 9.62. The van der Waals surface area contributed by atoms with E-state index >= 15 is 0 Å². The van der Waals surface area contributed by atoms with Crippen LogP contribution in [-0.2, 0) is 0 Å². The van der Waals surface area contributed by atoms with E-state index in [2.05, 4.69) is 57.4 Å². The highest BCUT2D eigenvalue weighted by atomic mass is 79.9. The summed E-state index contributed by atoms with van der Waals surface area (Å²) >= 11 is 5.03. The SMILES string of the molecule is BrCC#Cc1ccc2ccsc2c1. The largest absolute Gasteiger partial charge is 0.144 e. The molecule has 0 aliphatic rings. The smallest absolute Gasteiger partial charge is 0.0649 e. The van der Waals surface area contributed by atoms with E-state index in [1.807, 2.05) is 0 Å². The molecule has 0 saturated heterocycles. The van der Waals surface area contributed by atoms with Gasteiger partial charge in [0.15, 0.2) is 0 Å². The van der Waals surface area contributed by atoms with E-state index in [4.69, 9.17) is 0 Å². The van der Waals surface area contributed by atoms with Crippen LogP contribution >= 0.6 is 27.3 Å². The maximum absolute atomic E-state index is 3.28. The second-order valence-corrected chi connectivity index (χ2v) is 4.12. The lowest BCUT2D eigenvalue weighted by Gasteiger charge is -1.90. The summed E-state index contributed by atoms with van der Waals surface area (Å²) in [6, 6.07) is 8.44. The van der Waals surface area contributed by atoms with Crippen LogP contribution in [-0.4, -0.2) is 5.33 Å². The summed E-state index contributed by atoms with van der Waals surface area (Å²) in [5.74, 6) is 6.08. The molecule has 0 aliphatic carbocycles. The maximum atomic E-state index is 3.28. The summed E-state index contributed by atoms with van der Waals surface area (Å²) in [5.41, 5.74) is 1.09. The minimum Gasteiger partial charge on any atom is -0.144 e. The number of alkyl halides is 1. The number of benzene rings is 1. The Morgan fingerprint density at radius 3 is 3.08 bits per heavy atom. The molecule has 0 spiro atoms. The standard InChI is InChI=1S/C11H7BrS/c12-6-1-2-9-3-4-10-5-7-13-11(10)8-9/h3-5,7-8H,6H2. The molecule has 2 rings (SSSR count). The molecule has 0 N–H and O–H groups in total. The Hall–Kier alpha value is -0.780. The third-order valence-corrected chi connectivity index (χ3v) is 2.92. The molecule has 0 radical (unpaired) electrons. The molecule has 0 fully saturated rings. The van der Waals surface area contributed by atoms with Crippen LogP contribution < -0.4 is 0 Å². The number of thiophene rings is 1. The second-order valence-electron chi connectivity index (χ2n) is 2.61. The van der Waals surface area contributed by atoms with E-state index in [0.29, 0.717) is 0 Å². The quantitative estimate of drug-likeness (QED) is 0.495. The predicted molar refractivity (Wildman–Crippen MR) is 62.5 cm³/mol. The van der Waals surface area contributed by atoms with Gasteiger partial charge in [0.2, 0.25) is 0 Å². The molecule has 0 saturated carbocycles. The first-order chi connectivity index (χ1) is 6.40. The van der Waals surface area contributed by atoms with Gasteiger partial charge in [0.25, 0.3) is 0 Å². The molecule has 0 amide bonds. The van der Waals surface area contributed by atoms with Crippen molar-refractivity contribution in [1.29, 1.82) is 0 Å². The van der Waals surface area contributed by atoms with Crippen LogP contribution in [0.3, 0.4) is 0 Å². The van der Waals surface area contributed by atoms with Crippen molar-refractivity contribution in [2.45, 2.75) is 0 Å². The first kappa shape index (κ1) is 8.80. The van der Waals surface area contributed by atoms with E-state index in [1.54, 1.807) is 11.3 Å². The Morgan fingerprint density at radius 2 is 2.23 bits per heavy atom. The second kappa shape index (κ2) is 3.95. The highest BCUT2D eigenvalue weighted by Gasteiger charge is 1.94. The van der Waals surface area contributed by atoms with Crippen LogP contribution in [0.1, 0.15) is 5.56 Å². The fraction of sp³-hybridized carbons (Fsp3) is 0.0909. The molecule has 0 unspecified atom stereocenters. The summed E-state index contributed by atoms with van der Waals surface area (Å²) < 4.78 is 1.31. The number of hydrogen-bond donors (Lipinski definition) is 0. The summed E-state index contributed by atoms with van der Waals surface area (Å²) in [5, 5.41) is 4.14. The monoisotopic (exact) mass is 250 g/mol. The van der Waals surface area contributed by atoms with Crippen LogP contribution in [0.25, 0.3) is 10.1 Å². The Morgan fingerprint density at radius 1 is 1.31 bits per heavy atom.